The summed E-state index contributed by atoms with van der Waals surface area (Å²) in [5.74, 6) is -1.11. The Hall–Kier alpha value is -1.00. The monoisotopic (exact) mass is 226 g/mol. The number of hydrogen-bond donors (Lipinski definition) is 1. The summed E-state index contributed by atoms with van der Waals surface area (Å²) in [6.45, 7) is 1.63. The molecule has 0 aromatic heterocycles. The molecule has 1 unspecified atom stereocenters. The van der Waals surface area contributed by atoms with Gasteiger partial charge >= 0.3 is 0 Å². The van der Waals surface area contributed by atoms with Gasteiger partial charge in [0, 0.05) is 0 Å². The topological polar surface area (TPSA) is 29.3 Å². The standard InChI is InChI=1S/C12H16F2N2/c13-9-5-4-6-10(14)11(9)12(15)16-7-2-1-3-8-16/h4-6,12H,1-3,7-8,15H2. The van der Waals surface area contributed by atoms with Crippen LogP contribution in [0.2, 0.25) is 0 Å². The fourth-order valence-corrected chi connectivity index (χ4v) is 2.17. The van der Waals surface area contributed by atoms with Gasteiger partial charge in [-0.2, -0.15) is 0 Å². The number of rotatable bonds is 2. The van der Waals surface area contributed by atoms with Gasteiger partial charge in [0.2, 0.25) is 0 Å². The predicted molar refractivity (Wildman–Crippen MR) is 58.7 cm³/mol. The van der Waals surface area contributed by atoms with Gasteiger partial charge in [0.05, 0.1) is 11.7 Å². The second-order valence-electron chi connectivity index (χ2n) is 4.18. The zero-order valence-corrected chi connectivity index (χ0v) is 9.13. The lowest BCUT2D eigenvalue weighted by Gasteiger charge is -2.32. The zero-order chi connectivity index (χ0) is 11.5. The number of hydrogen-bond acceptors (Lipinski definition) is 2. The van der Waals surface area contributed by atoms with Crippen molar-refractivity contribution in [1.29, 1.82) is 0 Å². The highest BCUT2D eigenvalue weighted by molar-refractivity contribution is 5.22. The fraction of sp³-hybridized carbons (Fsp3) is 0.500. The van der Waals surface area contributed by atoms with Gasteiger partial charge in [-0.15, -0.1) is 0 Å². The van der Waals surface area contributed by atoms with Crippen LogP contribution in [-0.2, 0) is 0 Å². The number of likely N-dealkylation sites (tertiary alicyclic amines) is 1. The van der Waals surface area contributed by atoms with Gasteiger partial charge in [0.25, 0.3) is 0 Å². The first kappa shape index (κ1) is 11.5. The van der Waals surface area contributed by atoms with Crippen molar-refractivity contribution in [1.82, 2.24) is 4.90 Å². The smallest absolute Gasteiger partial charge is 0.132 e. The molecule has 1 heterocycles. The normalized spacial score (nSPS) is 19.7. The van der Waals surface area contributed by atoms with Crippen LogP contribution in [0.25, 0.3) is 0 Å². The lowest BCUT2D eigenvalue weighted by Crippen LogP contribution is -2.39. The van der Waals surface area contributed by atoms with Crippen molar-refractivity contribution in [3.05, 3.63) is 35.4 Å². The van der Waals surface area contributed by atoms with Crippen molar-refractivity contribution in [2.45, 2.75) is 25.4 Å². The predicted octanol–water partition coefficient (Wildman–Crippen LogP) is 2.41. The number of halogens is 2. The number of piperidine rings is 1. The van der Waals surface area contributed by atoms with E-state index >= 15 is 0 Å². The second-order valence-corrected chi connectivity index (χ2v) is 4.18. The Bertz CT molecular complexity index is 342. The lowest BCUT2D eigenvalue weighted by atomic mass is 10.1. The van der Waals surface area contributed by atoms with Crippen LogP contribution < -0.4 is 5.73 Å². The largest absolute Gasteiger partial charge is 0.312 e. The second kappa shape index (κ2) is 4.89. The Morgan fingerprint density at radius 3 is 2.19 bits per heavy atom. The molecule has 0 spiro atoms. The Morgan fingerprint density at radius 2 is 1.62 bits per heavy atom. The van der Waals surface area contributed by atoms with Gasteiger partial charge in [-0.1, -0.05) is 12.5 Å². The lowest BCUT2D eigenvalue weighted by molar-refractivity contribution is 0.161. The van der Waals surface area contributed by atoms with Crippen LogP contribution in [-0.4, -0.2) is 18.0 Å². The molecule has 1 atom stereocenters. The van der Waals surface area contributed by atoms with E-state index < -0.39 is 17.8 Å². The average molecular weight is 226 g/mol. The quantitative estimate of drug-likeness (QED) is 0.839. The summed E-state index contributed by atoms with van der Waals surface area (Å²) in [6, 6.07) is 3.86. The van der Waals surface area contributed by atoms with Crippen molar-refractivity contribution in [2.75, 3.05) is 13.1 Å². The summed E-state index contributed by atoms with van der Waals surface area (Å²) >= 11 is 0. The van der Waals surface area contributed by atoms with Gasteiger partial charge < -0.3 is 5.73 Å². The highest BCUT2D eigenvalue weighted by Crippen LogP contribution is 2.24. The van der Waals surface area contributed by atoms with Crippen molar-refractivity contribution in [3.8, 4) is 0 Å². The van der Waals surface area contributed by atoms with Gasteiger partial charge in [-0.05, 0) is 38.1 Å². The minimum atomic E-state index is -0.665. The van der Waals surface area contributed by atoms with Crippen molar-refractivity contribution in [2.24, 2.45) is 5.73 Å². The molecular weight excluding hydrogens is 210 g/mol. The van der Waals surface area contributed by atoms with E-state index in [-0.39, 0.29) is 5.56 Å². The van der Waals surface area contributed by atoms with Gasteiger partial charge in [0.1, 0.15) is 11.6 Å². The van der Waals surface area contributed by atoms with E-state index in [0.29, 0.717) is 0 Å². The van der Waals surface area contributed by atoms with Crippen LogP contribution in [0.3, 0.4) is 0 Å². The van der Waals surface area contributed by atoms with E-state index in [0.717, 1.165) is 25.9 Å². The molecule has 2 nitrogen and oxygen atoms in total. The molecule has 1 aromatic rings. The van der Waals surface area contributed by atoms with Gasteiger partial charge in [-0.25, -0.2) is 8.78 Å². The molecule has 1 aliphatic heterocycles. The van der Waals surface area contributed by atoms with Crippen LogP contribution in [0.15, 0.2) is 18.2 Å². The van der Waals surface area contributed by atoms with E-state index in [2.05, 4.69) is 0 Å². The summed E-state index contributed by atoms with van der Waals surface area (Å²) in [5, 5.41) is 0. The minimum Gasteiger partial charge on any atom is -0.312 e. The first-order valence-electron chi connectivity index (χ1n) is 5.63. The van der Waals surface area contributed by atoms with Crippen molar-refractivity contribution in [3.63, 3.8) is 0 Å². The summed E-state index contributed by atoms with van der Waals surface area (Å²) < 4.78 is 27.0. The molecule has 0 radical (unpaired) electrons. The maximum absolute atomic E-state index is 13.5. The number of nitrogens with two attached hydrogens (primary N) is 1. The maximum Gasteiger partial charge on any atom is 0.132 e. The van der Waals surface area contributed by atoms with Crippen molar-refractivity contribution >= 4 is 0 Å². The summed E-state index contributed by atoms with van der Waals surface area (Å²) in [6.07, 6.45) is 2.60. The maximum atomic E-state index is 13.5. The first-order chi connectivity index (χ1) is 7.70. The van der Waals surface area contributed by atoms with E-state index in [1.165, 1.54) is 24.6 Å². The highest BCUT2D eigenvalue weighted by atomic mass is 19.1. The number of benzene rings is 1. The minimum absolute atomic E-state index is 0.00981. The summed E-state index contributed by atoms with van der Waals surface area (Å²) in [7, 11) is 0. The molecule has 0 aliphatic carbocycles. The highest BCUT2D eigenvalue weighted by Gasteiger charge is 2.23. The van der Waals surface area contributed by atoms with Crippen LogP contribution >= 0.6 is 0 Å². The van der Waals surface area contributed by atoms with E-state index in [1.54, 1.807) is 0 Å². The van der Waals surface area contributed by atoms with E-state index in [1.807, 2.05) is 4.90 Å². The van der Waals surface area contributed by atoms with Crippen LogP contribution in [0.5, 0.6) is 0 Å². The molecular formula is C12H16F2N2. The first-order valence-corrected chi connectivity index (χ1v) is 5.63. The molecule has 1 aliphatic rings. The Kier molecular flexibility index (Phi) is 3.51. The Morgan fingerprint density at radius 1 is 1.06 bits per heavy atom. The number of nitrogens with zero attached hydrogens (tertiary/aromatic N) is 1. The summed E-state index contributed by atoms with van der Waals surface area (Å²) in [4.78, 5) is 1.94. The van der Waals surface area contributed by atoms with E-state index in [4.69, 9.17) is 5.73 Å². The van der Waals surface area contributed by atoms with E-state index in [9.17, 15) is 8.78 Å². The third kappa shape index (κ3) is 2.23. The van der Waals surface area contributed by atoms with Crippen LogP contribution in [0, 0.1) is 11.6 Å². The van der Waals surface area contributed by atoms with Gasteiger partial charge in [-0.3, -0.25) is 4.90 Å². The SMILES string of the molecule is NC(c1c(F)cccc1F)N1CCCCC1. The summed E-state index contributed by atoms with van der Waals surface area (Å²) in [5.41, 5.74) is 5.91. The molecule has 1 saturated heterocycles. The average Bonchev–Trinajstić information content (AvgIpc) is 2.30. The Balaban J connectivity index is 2.22. The third-order valence-corrected chi connectivity index (χ3v) is 3.08. The van der Waals surface area contributed by atoms with Crippen LogP contribution in [0.1, 0.15) is 31.0 Å². The fourth-order valence-electron chi connectivity index (χ4n) is 2.17. The molecule has 0 amide bonds. The molecule has 1 fully saturated rings. The molecule has 4 heteroatoms. The van der Waals surface area contributed by atoms with Crippen LogP contribution in [0.4, 0.5) is 8.78 Å². The van der Waals surface area contributed by atoms with Gasteiger partial charge in [0.15, 0.2) is 0 Å². The zero-order valence-electron chi connectivity index (χ0n) is 9.13. The molecule has 1 aromatic carbocycles. The third-order valence-electron chi connectivity index (χ3n) is 3.08. The molecule has 88 valence electrons. The molecule has 2 N–H and O–H groups in total. The Labute approximate surface area is 94.0 Å². The van der Waals surface area contributed by atoms with Crippen molar-refractivity contribution < 1.29 is 8.78 Å². The molecule has 16 heavy (non-hydrogen) atoms. The molecule has 0 bridgehead atoms. The molecule has 0 saturated carbocycles. The molecule has 2 rings (SSSR count).